The molecule has 0 rings (SSSR count). The van der Waals surface area contributed by atoms with Crippen LogP contribution in [0.5, 0.6) is 0 Å². The first kappa shape index (κ1) is 15.5. The van der Waals surface area contributed by atoms with Crippen LogP contribution in [0, 0.1) is 5.92 Å². The maximum atomic E-state index is 11.8. The van der Waals surface area contributed by atoms with Crippen LogP contribution in [0.2, 0.25) is 0 Å². The molecule has 96 valence electrons. The molecule has 0 amide bonds. The average Bonchev–Trinajstić information content (AvgIpc) is 2.33. The van der Waals surface area contributed by atoms with E-state index >= 15 is 0 Å². The molecule has 16 heavy (non-hydrogen) atoms. The Labute approximate surface area is 101 Å². The molecule has 0 saturated carbocycles. The summed E-state index contributed by atoms with van der Waals surface area (Å²) in [4.78, 5) is 11.8. The van der Waals surface area contributed by atoms with Crippen LogP contribution < -0.4 is 0 Å². The maximum Gasteiger partial charge on any atom is 0.309 e. The molecule has 0 heterocycles. The zero-order valence-electron chi connectivity index (χ0n) is 11.6. The van der Waals surface area contributed by atoms with Crippen molar-refractivity contribution in [3.8, 4) is 0 Å². The lowest BCUT2D eigenvalue weighted by Crippen LogP contribution is -2.35. The van der Waals surface area contributed by atoms with Gasteiger partial charge in [0.2, 0.25) is 0 Å². The first-order valence-electron chi connectivity index (χ1n) is 6.78. The van der Waals surface area contributed by atoms with Gasteiger partial charge in [-0.05, 0) is 32.1 Å². The fourth-order valence-electron chi connectivity index (χ4n) is 1.78. The van der Waals surface area contributed by atoms with Crippen LogP contribution in [-0.2, 0) is 9.53 Å². The fraction of sp³-hybridized carbons (Fsp3) is 0.929. The van der Waals surface area contributed by atoms with Gasteiger partial charge in [-0.2, -0.15) is 0 Å². The van der Waals surface area contributed by atoms with E-state index in [1.54, 1.807) is 0 Å². The molecule has 0 aliphatic heterocycles. The molecule has 1 atom stereocenters. The molecule has 1 unspecified atom stereocenters. The second-order valence-corrected chi connectivity index (χ2v) is 4.72. The number of hydrogen-bond donors (Lipinski definition) is 0. The van der Waals surface area contributed by atoms with E-state index in [4.69, 9.17) is 4.74 Å². The first-order chi connectivity index (χ1) is 7.55. The Bertz CT molecular complexity index is 195. The van der Waals surface area contributed by atoms with E-state index in [0.717, 1.165) is 38.5 Å². The highest BCUT2D eigenvalue weighted by molar-refractivity contribution is 5.72. The van der Waals surface area contributed by atoms with E-state index in [1.165, 1.54) is 0 Å². The number of unbranched alkanes of at least 4 members (excludes halogenated alkanes) is 1. The summed E-state index contributed by atoms with van der Waals surface area (Å²) >= 11 is 0. The van der Waals surface area contributed by atoms with Crippen molar-refractivity contribution in [1.29, 1.82) is 0 Å². The van der Waals surface area contributed by atoms with Crippen molar-refractivity contribution in [1.82, 2.24) is 0 Å². The first-order valence-corrected chi connectivity index (χ1v) is 6.78. The Balaban J connectivity index is 4.46. The third-order valence-corrected chi connectivity index (χ3v) is 3.61. The lowest BCUT2D eigenvalue weighted by atomic mass is 9.90. The highest BCUT2D eigenvalue weighted by atomic mass is 16.6. The minimum Gasteiger partial charge on any atom is -0.459 e. The van der Waals surface area contributed by atoms with Crippen LogP contribution in [0.3, 0.4) is 0 Å². The van der Waals surface area contributed by atoms with Gasteiger partial charge in [0.05, 0.1) is 5.92 Å². The van der Waals surface area contributed by atoms with Crippen LogP contribution in [0.25, 0.3) is 0 Å². The molecule has 0 aromatic heterocycles. The van der Waals surface area contributed by atoms with E-state index in [1.807, 2.05) is 13.8 Å². The standard InChI is InChI=1S/C14H28O2/c1-6-10-11-14(8-3,9-4)16-13(15)12(5)7-2/h12H,6-11H2,1-5H3. The van der Waals surface area contributed by atoms with Crippen molar-refractivity contribution >= 4 is 5.97 Å². The molecule has 0 aromatic carbocycles. The summed E-state index contributed by atoms with van der Waals surface area (Å²) in [6.45, 7) is 10.4. The summed E-state index contributed by atoms with van der Waals surface area (Å²) in [5.74, 6) is 0.00130. The summed E-state index contributed by atoms with van der Waals surface area (Å²) in [5, 5.41) is 0. The van der Waals surface area contributed by atoms with Crippen LogP contribution in [0.1, 0.15) is 73.1 Å². The van der Waals surface area contributed by atoms with E-state index in [-0.39, 0.29) is 17.5 Å². The normalized spacial score (nSPS) is 13.6. The van der Waals surface area contributed by atoms with Gasteiger partial charge in [-0.1, -0.05) is 41.0 Å². The quantitative estimate of drug-likeness (QED) is 0.578. The Morgan fingerprint density at radius 3 is 2.12 bits per heavy atom. The Hall–Kier alpha value is -0.530. The van der Waals surface area contributed by atoms with Crippen molar-refractivity contribution in [3.05, 3.63) is 0 Å². The second kappa shape index (κ2) is 7.70. The zero-order valence-corrected chi connectivity index (χ0v) is 11.6. The molecule has 0 radical (unpaired) electrons. The molecule has 2 nitrogen and oxygen atoms in total. The molecule has 0 spiro atoms. The van der Waals surface area contributed by atoms with Crippen molar-refractivity contribution in [2.75, 3.05) is 0 Å². The Morgan fingerprint density at radius 1 is 1.19 bits per heavy atom. The van der Waals surface area contributed by atoms with Gasteiger partial charge in [-0.25, -0.2) is 0 Å². The summed E-state index contributed by atoms with van der Waals surface area (Å²) in [6, 6.07) is 0. The fourth-order valence-corrected chi connectivity index (χ4v) is 1.78. The molecule has 2 heteroatoms. The number of rotatable bonds is 8. The largest absolute Gasteiger partial charge is 0.459 e. The molecule has 0 aromatic rings. The van der Waals surface area contributed by atoms with Crippen LogP contribution >= 0.6 is 0 Å². The third kappa shape index (κ3) is 4.54. The average molecular weight is 228 g/mol. The Kier molecular flexibility index (Phi) is 7.44. The molecular formula is C14H28O2. The van der Waals surface area contributed by atoms with Gasteiger partial charge >= 0.3 is 5.97 Å². The van der Waals surface area contributed by atoms with Gasteiger partial charge in [0.15, 0.2) is 0 Å². The predicted octanol–water partition coefficient (Wildman–Crippen LogP) is 4.32. The highest BCUT2D eigenvalue weighted by Crippen LogP contribution is 2.28. The summed E-state index contributed by atoms with van der Waals surface area (Å²) < 4.78 is 5.75. The lowest BCUT2D eigenvalue weighted by molar-refractivity contribution is -0.166. The van der Waals surface area contributed by atoms with E-state index in [0.29, 0.717) is 0 Å². The predicted molar refractivity (Wildman–Crippen MR) is 68.4 cm³/mol. The molecule has 0 aliphatic carbocycles. The van der Waals surface area contributed by atoms with Gasteiger partial charge in [-0.3, -0.25) is 4.79 Å². The van der Waals surface area contributed by atoms with Gasteiger partial charge < -0.3 is 4.74 Å². The van der Waals surface area contributed by atoms with E-state index in [9.17, 15) is 4.79 Å². The molecular weight excluding hydrogens is 200 g/mol. The van der Waals surface area contributed by atoms with Crippen molar-refractivity contribution in [2.24, 2.45) is 5.92 Å². The lowest BCUT2D eigenvalue weighted by Gasteiger charge is -2.32. The topological polar surface area (TPSA) is 26.3 Å². The molecule has 0 bridgehead atoms. The zero-order chi connectivity index (χ0) is 12.6. The third-order valence-electron chi connectivity index (χ3n) is 3.61. The molecule has 0 N–H and O–H groups in total. The van der Waals surface area contributed by atoms with E-state index < -0.39 is 0 Å². The summed E-state index contributed by atoms with van der Waals surface area (Å²) in [5.41, 5.74) is -0.212. The number of esters is 1. The summed E-state index contributed by atoms with van der Waals surface area (Å²) in [6.07, 6.45) is 5.99. The maximum absolute atomic E-state index is 11.8. The highest BCUT2D eigenvalue weighted by Gasteiger charge is 2.31. The number of ether oxygens (including phenoxy) is 1. The SMILES string of the molecule is CCCCC(CC)(CC)OC(=O)C(C)CC. The number of hydrogen-bond acceptors (Lipinski definition) is 2. The minimum atomic E-state index is -0.212. The number of carbonyl (C=O) groups is 1. The van der Waals surface area contributed by atoms with Crippen LogP contribution in [-0.4, -0.2) is 11.6 Å². The van der Waals surface area contributed by atoms with Gasteiger partial charge in [0.1, 0.15) is 5.60 Å². The van der Waals surface area contributed by atoms with Crippen molar-refractivity contribution in [3.63, 3.8) is 0 Å². The molecule has 0 aliphatic rings. The molecule has 0 saturated heterocycles. The van der Waals surface area contributed by atoms with Crippen molar-refractivity contribution < 1.29 is 9.53 Å². The van der Waals surface area contributed by atoms with Crippen LogP contribution in [0.4, 0.5) is 0 Å². The van der Waals surface area contributed by atoms with Gasteiger partial charge in [0.25, 0.3) is 0 Å². The summed E-state index contributed by atoms with van der Waals surface area (Å²) in [7, 11) is 0. The molecule has 0 fully saturated rings. The minimum absolute atomic E-state index is 0.0256. The smallest absolute Gasteiger partial charge is 0.309 e. The van der Waals surface area contributed by atoms with Gasteiger partial charge in [-0.15, -0.1) is 0 Å². The van der Waals surface area contributed by atoms with Crippen LogP contribution in [0.15, 0.2) is 0 Å². The monoisotopic (exact) mass is 228 g/mol. The Morgan fingerprint density at radius 2 is 1.75 bits per heavy atom. The second-order valence-electron chi connectivity index (χ2n) is 4.72. The van der Waals surface area contributed by atoms with Gasteiger partial charge in [0, 0.05) is 0 Å². The van der Waals surface area contributed by atoms with Crippen molar-refractivity contribution in [2.45, 2.75) is 78.7 Å². The van der Waals surface area contributed by atoms with E-state index in [2.05, 4.69) is 20.8 Å². The number of carbonyl (C=O) groups excluding carboxylic acids is 1.